The average molecular weight is 251 g/mol. The molecule has 3 nitrogen and oxygen atoms in total. The third kappa shape index (κ3) is 2.86. The summed E-state index contributed by atoms with van der Waals surface area (Å²) in [6.45, 7) is 6.02. The van der Waals surface area contributed by atoms with Crippen molar-refractivity contribution < 1.29 is 4.52 Å². The molecule has 0 aliphatic heterocycles. The Hall–Kier alpha value is -1.35. The first-order valence-electron chi connectivity index (χ1n) is 5.59. The van der Waals surface area contributed by atoms with Crippen molar-refractivity contribution in [3.63, 3.8) is 0 Å². The molecular weight excluding hydrogens is 236 g/mol. The number of aryl methyl sites for hydroxylation is 2. The van der Waals surface area contributed by atoms with Gasteiger partial charge in [-0.3, -0.25) is 0 Å². The van der Waals surface area contributed by atoms with Crippen LogP contribution in [0.2, 0.25) is 0 Å². The summed E-state index contributed by atoms with van der Waals surface area (Å²) in [6.07, 6.45) is 0.651. The summed E-state index contributed by atoms with van der Waals surface area (Å²) < 4.78 is 5.15. The second-order valence-corrected chi connectivity index (χ2v) is 4.91. The SMILES string of the molecule is Cc1ccc(Cc2nc(C(C)Cl)no2)cc1C. The van der Waals surface area contributed by atoms with Crippen LogP contribution in [0.1, 0.15) is 40.7 Å². The standard InChI is InChI=1S/C13H15ClN2O/c1-8-4-5-11(6-9(8)2)7-12-15-13(10(3)14)16-17-12/h4-6,10H,7H2,1-3H3. The minimum atomic E-state index is -0.216. The average Bonchev–Trinajstić information content (AvgIpc) is 2.72. The first-order valence-corrected chi connectivity index (χ1v) is 6.02. The van der Waals surface area contributed by atoms with Gasteiger partial charge in [-0.15, -0.1) is 11.6 Å². The molecule has 1 heterocycles. The van der Waals surface area contributed by atoms with Crippen LogP contribution < -0.4 is 0 Å². The molecule has 0 fully saturated rings. The van der Waals surface area contributed by atoms with Gasteiger partial charge in [0.1, 0.15) is 0 Å². The molecule has 0 bridgehead atoms. The Morgan fingerprint density at radius 3 is 2.65 bits per heavy atom. The topological polar surface area (TPSA) is 38.9 Å². The van der Waals surface area contributed by atoms with Gasteiger partial charge in [-0.2, -0.15) is 4.98 Å². The maximum absolute atomic E-state index is 5.88. The van der Waals surface area contributed by atoms with Gasteiger partial charge in [0.2, 0.25) is 5.89 Å². The van der Waals surface area contributed by atoms with Crippen molar-refractivity contribution in [2.45, 2.75) is 32.6 Å². The Kier molecular flexibility index (Phi) is 3.48. The Labute approximate surface area is 106 Å². The Morgan fingerprint density at radius 1 is 1.29 bits per heavy atom. The highest BCUT2D eigenvalue weighted by Crippen LogP contribution is 2.17. The molecule has 2 aromatic rings. The fraction of sp³-hybridized carbons (Fsp3) is 0.385. The number of hydrogen-bond acceptors (Lipinski definition) is 3. The number of rotatable bonds is 3. The summed E-state index contributed by atoms with van der Waals surface area (Å²) in [4.78, 5) is 4.25. The van der Waals surface area contributed by atoms with Crippen molar-refractivity contribution in [2.75, 3.05) is 0 Å². The maximum atomic E-state index is 5.88. The monoisotopic (exact) mass is 250 g/mol. The molecule has 0 radical (unpaired) electrons. The molecule has 90 valence electrons. The van der Waals surface area contributed by atoms with Gasteiger partial charge in [0.25, 0.3) is 0 Å². The third-order valence-corrected chi connectivity index (χ3v) is 2.96. The molecule has 0 saturated carbocycles. The molecule has 2 rings (SSSR count). The largest absolute Gasteiger partial charge is 0.339 e. The number of halogens is 1. The van der Waals surface area contributed by atoms with Gasteiger partial charge < -0.3 is 4.52 Å². The molecule has 1 aromatic carbocycles. The summed E-state index contributed by atoms with van der Waals surface area (Å²) in [5.74, 6) is 1.15. The van der Waals surface area contributed by atoms with Gasteiger partial charge >= 0.3 is 0 Å². The Bertz CT molecular complexity index is 520. The van der Waals surface area contributed by atoms with E-state index in [0.717, 1.165) is 0 Å². The van der Waals surface area contributed by atoms with E-state index < -0.39 is 0 Å². The molecule has 0 amide bonds. The van der Waals surface area contributed by atoms with Crippen LogP contribution in [-0.4, -0.2) is 10.1 Å². The summed E-state index contributed by atoms with van der Waals surface area (Å²) in [6, 6.07) is 6.33. The van der Waals surface area contributed by atoms with Crippen molar-refractivity contribution in [1.29, 1.82) is 0 Å². The fourth-order valence-electron chi connectivity index (χ4n) is 1.59. The number of aromatic nitrogens is 2. The second-order valence-electron chi connectivity index (χ2n) is 4.26. The third-order valence-electron chi connectivity index (χ3n) is 2.77. The number of benzene rings is 1. The van der Waals surface area contributed by atoms with Gasteiger partial charge in [-0.05, 0) is 37.5 Å². The molecule has 1 unspecified atom stereocenters. The molecule has 17 heavy (non-hydrogen) atoms. The van der Waals surface area contributed by atoms with E-state index in [4.69, 9.17) is 16.1 Å². The summed E-state index contributed by atoms with van der Waals surface area (Å²) >= 11 is 5.88. The first kappa shape index (κ1) is 12.1. The Morgan fingerprint density at radius 2 is 2.06 bits per heavy atom. The zero-order valence-corrected chi connectivity index (χ0v) is 11.0. The van der Waals surface area contributed by atoms with E-state index in [1.165, 1.54) is 16.7 Å². The summed E-state index contributed by atoms with van der Waals surface area (Å²) in [5, 5.41) is 3.62. The van der Waals surface area contributed by atoms with Crippen LogP contribution in [0, 0.1) is 13.8 Å². The van der Waals surface area contributed by atoms with Gasteiger partial charge in [-0.1, -0.05) is 23.4 Å². The highest BCUT2D eigenvalue weighted by molar-refractivity contribution is 6.20. The summed E-state index contributed by atoms with van der Waals surface area (Å²) in [7, 11) is 0. The van der Waals surface area contributed by atoms with Crippen LogP contribution in [-0.2, 0) is 6.42 Å². The number of alkyl halides is 1. The smallest absolute Gasteiger partial charge is 0.231 e. The van der Waals surface area contributed by atoms with Crippen molar-refractivity contribution in [2.24, 2.45) is 0 Å². The van der Waals surface area contributed by atoms with Gasteiger partial charge in [0.15, 0.2) is 5.82 Å². The van der Waals surface area contributed by atoms with E-state index >= 15 is 0 Å². The lowest BCUT2D eigenvalue weighted by atomic mass is 10.0. The van der Waals surface area contributed by atoms with Crippen LogP contribution >= 0.6 is 11.6 Å². The zero-order chi connectivity index (χ0) is 12.4. The van der Waals surface area contributed by atoms with E-state index in [-0.39, 0.29) is 5.38 Å². The first-order chi connectivity index (χ1) is 8.06. The fourth-order valence-corrected chi connectivity index (χ4v) is 1.68. The van der Waals surface area contributed by atoms with E-state index in [2.05, 4.69) is 42.2 Å². The van der Waals surface area contributed by atoms with Crippen LogP contribution in [0.4, 0.5) is 0 Å². The highest BCUT2D eigenvalue weighted by Gasteiger charge is 2.11. The van der Waals surface area contributed by atoms with Gasteiger partial charge in [0.05, 0.1) is 11.8 Å². The molecule has 0 N–H and O–H groups in total. The molecule has 0 spiro atoms. The Balaban J connectivity index is 2.16. The van der Waals surface area contributed by atoms with Crippen LogP contribution in [0.15, 0.2) is 22.7 Å². The molecule has 0 aliphatic carbocycles. The van der Waals surface area contributed by atoms with Crippen LogP contribution in [0.5, 0.6) is 0 Å². The molecule has 1 aromatic heterocycles. The molecular formula is C13H15ClN2O. The lowest BCUT2D eigenvalue weighted by molar-refractivity contribution is 0.379. The quantitative estimate of drug-likeness (QED) is 0.782. The molecule has 0 saturated heterocycles. The maximum Gasteiger partial charge on any atom is 0.231 e. The lowest BCUT2D eigenvalue weighted by Gasteiger charge is -2.02. The zero-order valence-electron chi connectivity index (χ0n) is 10.2. The van der Waals surface area contributed by atoms with Crippen molar-refractivity contribution in [1.82, 2.24) is 10.1 Å². The van der Waals surface area contributed by atoms with Crippen LogP contribution in [0.25, 0.3) is 0 Å². The van der Waals surface area contributed by atoms with E-state index in [9.17, 15) is 0 Å². The van der Waals surface area contributed by atoms with Gasteiger partial charge in [-0.25, -0.2) is 0 Å². The molecule has 0 aliphatic rings. The van der Waals surface area contributed by atoms with Crippen molar-refractivity contribution >= 4 is 11.6 Å². The predicted octanol–water partition coefficient (Wildman–Crippen LogP) is 3.58. The number of hydrogen-bond donors (Lipinski definition) is 0. The minimum absolute atomic E-state index is 0.216. The van der Waals surface area contributed by atoms with E-state index in [0.29, 0.717) is 18.1 Å². The minimum Gasteiger partial charge on any atom is -0.339 e. The number of nitrogens with zero attached hydrogens (tertiary/aromatic N) is 2. The molecule has 1 atom stereocenters. The second kappa shape index (κ2) is 4.88. The van der Waals surface area contributed by atoms with Gasteiger partial charge in [0, 0.05) is 0 Å². The lowest BCUT2D eigenvalue weighted by Crippen LogP contribution is -1.92. The van der Waals surface area contributed by atoms with E-state index in [1.807, 2.05) is 6.92 Å². The predicted molar refractivity (Wildman–Crippen MR) is 67.3 cm³/mol. The highest BCUT2D eigenvalue weighted by atomic mass is 35.5. The van der Waals surface area contributed by atoms with E-state index in [1.54, 1.807) is 0 Å². The summed E-state index contributed by atoms with van der Waals surface area (Å²) in [5.41, 5.74) is 3.73. The normalized spacial score (nSPS) is 12.7. The molecule has 4 heteroatoms. The van der Waals surface area contributed by atoms with Crippen molar-refractivity contribution in [3.05, 3.63) is 46.6 Å². The van der Waals surface area contributed by atoms with Crippen LogP contribution in [0.3, 0.4) is 0 Å². The van der Waals surface area contributed by atoms with Crippen molar-refractivity contribution in [3.8, 4) is 0 Å².